The number of amides is 1. The minimum absolute atomic E-state index is 0.169. The van der Waals surface area contributed by atoms with Crippen LogP contribution < -0.4 is 5.32 Å². The SMILES string of the molecule is CCC(CNC(=O)c1ccc(C(F)(F)F)cc1)(OC)c1ccccc1. The molecular formula is C19H20F3NO2. The lowest BCUT2D eigenvalue weighted by atomic mass is 9.90. The van der Waals surface area contributed by atoms with Crippen LogP contribution in [0.25, 0.3) is 0 Å². The average molecular weight is 351 g/mol. The first-order chi connectivity index (χ1) is 11.8. The Kier molecular flexibility index (Phi) is 5.85. The summed E-state index contributed by atoms with van der Waals surface area (Å²) >= 11 is 0. The number of ether oxygens (including phenoxy) is 1. The van der Waals surface area contributed by atoms with Crippen molar-refractivity contribution in [2.75, 3.05) is 13.7 Å². The molecule has 1 atom stereocenters. The second-order valence-corrected chi connectivity index (χ2v) is 5.68. The van der Waals surface area contributed by atoms with Gasteiger partial charge < -0.3 is 10.1 Å². The molecule has 0 aliphatic carbocycles. The van der Waals surface area contributed by atoms with E-state index in [0.717, 1.165) is 17.7 Å². The highest BCUT2D eigenvalue weighted by Crippen LogP contribution is 2.30. The van der Waals surface area contributed by atoms with Crippen LogP contribution in [0, 0.1) is 0 Å². The summed E-state index contributed by atoms with van der Waals surface area (Å²) in [5.41, 5.74) is -0.383. The molecule has 3 nitrogen and oxygen atoms in total. The fourth-order valence-electron chi connectivity index (χ4n) is 2.64. The molecule has 1 N–H and O–H groups in total. The number of hydrogen-bond donors (Lipinski definition) is 1. The Hall–Kier alpha value is -2.34. The number of rotatable bonds is 6. The van der Waals surface area contributed by atoms with E-state index in [1.807, 2.05) is 37.3 Å². The van der Waals surface area contributed by atoms with Crippen molar-refractivity contribution in [3.05, 3.63) is 71.3 Å². The van der Waals surface area contributed by atoms with Gasteiger partial charge in [-0.05, 0) is 36.2 Å². The van der Waals surface area contributed by atoms with Crippen LogP contribution in [0.1, 0.15) is 34.8 Å². The van der Waals surface area contributed by atoms with Crippen LogP contribution in [0.3, 0.4) is 0 Å². The lowest BCUT2D eigenvalue weighted by Gasteiger charge is -2.32. The van der Waals surface area contributed by atoms with Gasteiger partial charge in [0.15, 0.2) is 0 Å². The minimum Gasteiger partial charge on any atom is -0.372 e. The van der Waals surface area contributed by atoms with Crippen LogP contribution in [-0.4, -0.2) is 19.6 Å². The molecule has 0 aromatic heterocycles. The summed E-state index contributed by atoms with van der Waals surface area (Å²) in [4.78, 5) is 12.3. The topological polar surface area (TPSA) is 38.3 Å². The highest BCUT2D eigenvalue weighted by atomic mass is 19.4. The van der Waals surface area contributed by atoms with Gasteiger partial charge in [-0.2, -0.15) is 13.2 Å². The van der Waals surface area contributed by atoms with E-state index in [0.29, 0.717) is 6.42 Å². The van der Waals surface area contributed by atoms with Gasteiger partial charge in [0.2, 0.25) is 0 Å². The molecule has 0 aliphatic rings. The lowest BCUT2D eigenvalue weighted by Crippen LogP contribution is -2.41. The molecule has 25 heavy (non-hydrogen) atoms. The molecule has 0 fully saturated rings. The Morgan fingerprint density at radius 3 is 2.08 bits per heavy atom. The second kappa shape index (κ2) is 7.70. The van der Waals surface area contributed by atoms with Crippen LogP contribution in [0.15, 0.2) is 54.6 Å². The molecule has 1 unspecified atom stereocenters. The third kappa shape index (κ3) is 4.39. The summed E-state index contributed by atoms with van der Waals surface area (Å²) in [6.45, 7) is 2.16. The molecule has 0 bridgehead atoms. The molecule has 0 aliphatic heterocycles. The average Bonchev–Trinajstić information content (AvgIpc) is 2.63. The molecular weight excluding hydrogens is 331 g/mol. The zero-order chi connectivity index (χ0) is 18.5. The molecule has 1 amide bonds. The molecule has 0 saturated carbocycles. The summed E-state index contributed by atoms with van der Waals surface area (Å²) in [6, 6.07) is 13.6. The van der Waals surface area contributed by atoms with E-state index < -0.39 is 23.2 Å². The fourth-order valence-corrected chi connectivity index (χ4v) is 2.64. The maximum atomic E-state index is 12.6. The van der Waals surface area contributed by atoms with Gasteiger partial charge in [0, 0.05) is 12.7 Å². The Morgan fingerprint density at radius 1 is 1.00 bits per heavy atom. The number of carbonyl (C=O) groups is 1. The maximum Gasteiger partial charge on any atom is 0.416 e. The van der Waals surface area contributed by atoms with Crippen LogP contribution in [0.5, 0.6) is 0 Å². The zero-order valence-electron chi connectivity index (χ0n) is 14.1. The van der Waals surface area contributed by atoms with Gasteiger partial charge in [0.25, 0.3) is 5.91 Å². The normalized spacial score (nSPS) is 14.0. The number of benzene rings is 2. The Morgan fingerprint density at radius 2 is 1.60 bits per heavy atom. The van der Waals surface area contributed by atoms with Crippen LogP contribution in [-0.2, 0) is 16.5 Å². The Bertz CT molecular complexity index is 693. The van der Waals surface area contributed by atoms with Crippen molar-refractivity contribution >= 4 is 5.91 Å². The largest absolute Gasteiger partial charge is 0.416 e. The summed E-state index contributed by atoms with van der Waals surface area (Å²) < 4.78 is 43.4. The molecule has 2 aromatic carbocycles. The smallest absolute Gasteiger partial charge is 0.372 e. The van der Waals surface area contributed by atoms with Crippen molar-refractivity contribution in [2.45, 2.75) is 25.1 Å². The lowest BCUT2D eigenvalue weighted by molar-refractivity contribution is -0.137. The van der Waals surface area contributed by atoms with Gasteiger partial charge in [-0.25, -0.2) is 0 Å². The van der Waals surface area contributed by atoms with Gasteiger partial charge in [-0.3, -0.25) is 4.79 Å². The van der Waals surface area contributed by atoms with Crippen molar-refractivity contribution < 1.29 is 22.7 Å². The number of methoxy groups -OCH3 is 1. The quantitative estimate of drug-likeness (QED) is 0.838. The molecule has 0 radical (unpaired) electrons. The summed E-state index contributed by atoms with van der Waals surface area (Å²) in [7, 11) is 1.57. The Balaban J connectivity index is 2.12. The van der Waals surface area contributed by atoms with E-state index in [2.05, 4.69) is 5.32 Å². The van der Waals surface area contributed by atoms with Crippen molar-refractivity contribution in [1.82, 2.24) is 5.32 Å². The maximum absolute atomic E-state index is 12.6. The number of carbonyl (C=O) groups excluding carboxylic acids is 1. The fraction of sp³-hybridized carbons (Fsp3) is 0.316. The first kappa shape index (κ1) is 19.0. The van der Waals surface area contributed by atoms with Gasteiger partial charge in [-0.1, -0.05) is 37.3 Å². The summed E-state index contributed by atoms with van der Waals surface area (Å²) in [5, 5.41) is 2.75. The molecule has 6 heteroatoms. The third-order valence-electron chi connectivity index (χ3n) is 4.27. The predicted molar refractivity (Wildman–Crippen MR) is 89.2 cm³/mol. The van der Waals surface area contributed by atoms with Crippen molar-refractivity contribution in [3.63, 3.8) is 0 Å². The van der Waals surface area contributed by atoms with Gasteiger partial charge >= 0.3 is 6.18 Å². The zero-order valence-corrected chi connectivity index (χ0v) is 14.1. The highest BCUT2D eigenvalue weighted by molar-refractivity contribution is 5.94. The second-order valence-electron chi connectivity index (χ2n) is 5.68. The monoisotopic (exact) mass is 351 g/mol. The van der Waals surface area contributed by atoms with Gasteiger partial charge in [-0.15, -0.1) is 0 Å². The predicted octanol–water partition coefficient (Wildman–Crippen LogP) is 4.39. The summed E-state index contributed by atoms with van der Waals surface area (Å²) in [6.07, 6.45) is -3.80. The van der Waals surface area contributed by atoms with Crippen LogP contribution >= 0.6 is 0 Å². The van der Waals surface area contributed by atoms with E-state index >= 15 is 0 Å². The molecule has 0 spiro atoms. The van der Waals surface area contributed by atoms with Crippen LogP contribution in [0.4, 0.5) is 13.2 Å². The van der Waals surface area contributed by atoms with Crippen molar-refractivity contribution in [3.8, 4) is 0 Å². The third-order valence-corrected chi connectivity index (χ3v) is 4.27. The van der Waals surface area contributed by atoms with E-state index in [1.165, 1.54) is 12.1 Å². The van der Waals surface area contributed by atoms with Crippen molar-refractivity contribution in [1.29, 1.82) is 0 Å². The molecule has 2 aromatic rings. The Labute approximate surface area is 144 Å². The van der Waals surface area contributed by atoms with Crippen LogP contribution in [0.2, 0.25) is 0 Å². The molecule has 2 rings (SSSR count). The highest BCUT2D eigenvalue weighted by Gasteiger charge is 2.32. The minimum atomic E-state index is -4.42. The number of halogens is 3. The standard InChI is InChI=1S/C19H20F3NO2/c1-3-18(25-2,15-7-5-4-6-8-15)13-23-17(24)14-9-11-16(12-10-14)19(20,21)22/h4-12H,3,13H2,1-2H3,(H,23,24). The first-order valence-corrected chi connectivity index (χ1v) is 7.88. The molecule has 134 valence electrons. The van der Waals surface area contributed by atoms with E-state index in [-0.39, 0.29) is 12.1 Å². The number of nitrogens with one attached hydrogen (secondary N) is 1. The van der Waals surface area contributed by atoms with E-state index in [1.54, 1.807) is 7.11 Å². The summed E-state index contributed by atoms with van der Waals surface area (Å²) in [5.74, 6) is -0.445. The molecule has 0 heterocycles. The number of hydrogen-bond acceptors (Lipinski definition) is 2. The van der Waals surface area contributed by atoms with E-state index in [4.69, 9.17) is 4.74 Å². The van der Waals surface area contributed by atoms with Crippen molar-refractivity contribution in [2.24, 2.45) is 0 Å². The molecule has 0 saturated heterocycles. The first-order valence-electron chi connectivity index (χ1n) is 7.88. The van der Waals surface area contributed by atoms with Gasteiger partial charge in [0.05, 0.1) is 12.1 Å². The number of alkyl halides is 3. The van der Waals surface area contributed by atoms with E-state index in [9.17, 15) is 18.0 Å². The van der Waals surface area contributed by atoms with Gasteiger partial charge in [0.1, 0.15) is 5.60 Å².